The van der Waals surface area contributed by atoms with Crippen LogP contribution in [-0.2, 0) is 4.79 Å². The van der Waals surface area contributed by atoms with Crippen molar-refractivity contribution >= 4 is 5.97 Å². The maximum atomic E-state index is 11.2. The van der Waals surface area contributed by atoms with Gasteiger partial charge in [-0.25, -0.2) is 4.79 Å². The molecule has 1 atom stereocenters. The molecule has 0 fully saturated rings. The van der Waals surface area contributed by atoms with Crippen LogP contribution in [0.5, 0.6) is 11.5 Å². The van der Waals surface area contributed by atoms with Gasteiger partial charge in [0, 0.05) is 0 Å². The fraction of sp³-hybridized carbons (Fsp3) is 0.611. The summed E-state index contributed by atoms with van der Waals surface area (Å²) in [6.45, 7) is 4.94. The number of hydrogen-bond donors (Lipinski definition) is 1. The molecule has 0 amide bonds. The molecule has 4 nitrogen and oxygen atoms in total. The summed E-state index contributed by atoms with van der Waals surface area (Å²) in [6.07, 6.45) is 6.26. The Kier molecular flexibility index (Phi) is 9.12. The maximum Gasteiger partial charge on any atom is 0.344 e. The zero-order valence-corrected chi connectivity index (χ0v) is 13.7. The van der Waals surface area contributed by atoms with E-state index < -0.39 is 12.1 Å². The SMILES string of the molecule is CCCCCCOc1ccc(OC(CCCC)C(=O)O)cc1. The Morgan fingerprint density at radius 1 is 1.00 bits per heavy atom. The van der Waals surface area contributed by atoms with Gasteiger partial charge in [0.2, 0.25) is 0 Å². The van der Waals surface area contributed by atoms with Gasteiger partial charge >= 0.3 is 5.97 Å². The number of aliphatic carboxylic acids is 1. The third-order valence-electron chi connectivity index (χ3n) is 3.46. The van der Waals surface area contributed by atoms with E-state index >= 15 is 0 Å². The summed E-state index contributed by atoms with van der Waals surface area (Å²) in [7, 11) is 0. The summed E-state index contributed by atoms with van der Waals surface area (Å²) >= 11 is 0. The zero-order chi connectivity index (χ0) is 16.2. The zero-order valence-electron chi connectivity index (χ0n) is 13.7. The molecule has 1 N–H and O–H groups in total. The van der Waals surface area contributed by atoms with E-state index in [1.165, 1.54) is 19.3 Å². The first kappa shape index (κ1) is 18.3. The molecule has 0 aliphatic rings. The second kappa shape index (κ2) is 10.9. The molecule has 0 radical (unpaired) electrons. The van der Waals surface area contributed by atoms with Gasteiger partial charge in [-0.15, -0.1) is 0 Å². The highest BCUT2D eigenvalue weighted by Gasteiger charge is 2.18. The van der Waals surface area contributed by atoms with Crippen LogP contribution >= 0.6 is 0 Å². The second-order valence-electron chi connectivity index (χ2n) is 5.47. The van der Waals surface area contributed by atoms with E-state index in [-0.39, 0.29) is 0 Å². The minimum absolute atomic E-state index is 0.529. The van der Waals surface area contributed by atoms with Crippen LogP contribution < -0.4 is 9.47 Å². The summed E-state index contributed by atoms with van der Waals surface area (Å²) < 4.78 is 11.2. The van der Waals surface area contributed by atoms with Crippen molar-refractivity contribution in [3.63, 3.8) is 0 Å². The van der Waals surface area contributed by atoms with Crippen LogP contribution in [0.1, 0.15) is 58.8 Å². The van der Waals surface area contributed by atoms with E-state index in [0.717, 1.165) is 25.0 Å². The Bertz CT molecular complexity index is 414. The predicted octanol–water partition coefficient (Wildman–Crippen LogP) is 4.67. The first-order chi connectivity index (χ1) is 10.7. The molecule has 4 heteroatoms. The van der Waals surface area contributed by atoms with Crippen LogP contribution in [0.2, 0.25) is 0 Å². The maximum absolute atomic E-state index is 11.2. The van der Waals surface area contributed by atoms with Crippen LogP contribution in [0.3, 0.4) is 0 Å². The van der Waals surface area contributed by atoms with E-state index in [1.54, 1.807) is 12.1 Å². The van der Waals surface area contributed by atoms with Crippen molar-refractivity contribution in [3.8, 4) is 11.5 Å². The lowest BCUT2D eigenvalue weighted by Crippen LogP contribution is -2.26. The number of unbranched alkanes of at least 4 members (excludes halogenated alkanes) is 4. The number of carboxylic acid groups (broad SMARTS) is 1. The second-order valence-corrected chi connectivity index (χ2v) is 5.47. The molecular formula is C18H28O4. The molecule has 0 aromatic heterocycles. The van der Waals surface area contributed by atoms with E-state index in [1.807, 2.05) is 19.1 Å². The highest BCUT2D eigenvalue weighted by Crippen LogP contribution is 2.20. The number of carboxylic acids is 1. The van der Waals surface area contributed by atoms with Gasteiger partial charge in [-0.3, -0.25) is 0 Å². The van der Waals surface area contributed by atoms with Gasteiger partial charge < -0.3 is 14.6 Å². The lowest BCUT2D eigenvalue weighted by atomic mass is 10.1. The summed E-state index contributed by atoms with van der Waals surface area (Å²) in [5, 5.41) is 9.15. The van der Waals surface area contributed by atoms with E-state index in [9.17, 15) is 4.79 Å². The third kappa shape index (κ3) is 7.34. The standard InChI is InChI=1S/C18H28O4/c1-3-5-7-8-14-21-15-10-12-16(13-11-15)22-17(18(19)20)9-6-4-2/h10-13,17H,3-9,14H2,1-2H3,(H,19,20). The molecule has 1 aromatic carbocycles. The molecule has 0 aliphatic carbocycles. The first-order valence-electron chi connectivity index (χ1n) is 8.29. The quantitative estimate of drug-likeness (QED) is 0.570. The molecule has 0 aliphatic heterocycles. The highest BCUT2D eigenvalue weighted by atomic mass is 16.5. The molecule has 0 spiro atoms. The van der Waals surface area contributed by atoms with Crippen LogP contribution in [0.25, 0.3) is 0 Å². The summed E-state index contributed by atoms with van der Waals surface area (Å²) in [4.78, 5) is 11.2. The molecule has 0 bridgehead atoms. The molecule has 124 valence electrons. The lowest BCUT2D eigenvalue weighted by molar-refractivity contribution is -0.145. The largest absolute Gasteiger partial charge is 0.494 e. The normalized spacial score (nSPS) is 11.9. The van der Waals surface area contributed by atoms with Crippen molar-refractivity contribution in [1.29, 1.82) is 0 Å². The van der Waals surface area contributed by atoms with Crippen LogP contribution in [0, 0.1) is 0 Å². The predicted molar refractivity (Wildman–Crippen MR) is 87.7 cm³/mol. The fourth-order valence-corrected chi connectivity index (χ4v) is 2.12. The Labute approximate surface area is 133 Å². The van der Waals surface area contributed by atoms with Crippen molar-refractivity contribution in [3.05, 3.63) is 24.3 Å². The van der Waals surface area contributed by atoms with E-state index in [4.69, 9.17) is 14.6 Å². The number of rotatable bonds is 12. The van der Waals surface area contributed by atoms with Crippen LogP contribution in [0.15, 0.2) is 24.3 Å². The van der Waals surface area contributed by atoms with Gasteiger partial charge in [0.25, 0.3) is 0 Å². The number of ether oxygens (including phenoxy) is 2. The van der Waals surface area contributed by atoms with Gasteiger partial charge in [0.15, 0.2) is 6.10 Å². The van der Waals surface area contributed by atoms with Crippen molar-refractivity contribution in [2.75, 3.05) is 6.61 Å². The number of carbonyl (C=O) groups is 1. The molecule has 1 aromatic rings. The molecule has 22 heavy (non-hydrogen) atoms. The van der Waals surface area contributed by atoms with E-state index in [2.05, 4.69) is 6.92 Å². The minimum atomic E-state index is -0.912. The Balaban J connectivity index is 2.41. The minimum Gasteiger partial charge on any atom is -0.494 e. The van der Waals surface area contributed by atoms with Crippen molar-refractivity contribution in [2.24, 2.45) is 0 Å². The van der Waals surface area contributed by atoms with E-state index in [0.29, 0.717) is 18.8 Å². The fourth-order valence-electron chi connectivity index (χ4n) is 2.12. The molecular weight excluding hydrogens is 280 g/mol. The number of hydrogen-bond acceptors (Lipinski definition) is 3. The molecule has 1 unspecified atom stereocenters. The molecule has 0 heterocycles. The summed E-state index contributed by atoms with van der Waals surface area (Å²) in [6, 6.07) is 7.19. The lowest BCUT2D eigenvalue weighted by Gasteiger charge is -2.15. The number of benzene rings is 1. The van der Waals surface area contributed by atoms with Crippen molar-refractivity contribution in [1.82, 2.24) is 0 Å². The van der Waals surface area contributed by atoms with Crippen LogP contribution in [-0.4, -0.2) is 23.8 Å². The molecule has 1 rings (SSSR count). The summed E-state index contributed by atoms with van der Waals surface area (Å²) in [5.74, 6) is 0.454. The van der Waals surface area contributed by atoms with Crippen molar-refractivity contribution < 1.29 is 19.4 Å². The highest BCUT2D eigenvalue weighted by molar-refractivity contribution is 5.72. The Morgan fingerprint density at radius 2 is 1.64 bits per heavy atom. The average Bonchev–Trinajstić information content (AvgIpc) is 2.52. The topological polar surface area (TPSA) is 55.8 Å². The van der Waals surface area contributed by atoms with Gasteiger partial charge in [0.05, 0.1) is 6.61 Å². The van der Waals surface area contributed by atoms with Gasteiger partial charge in [-0.2, -0.15) is 0 Å². The smallest absolute Gasteiger partial charge is 0.344 e. The van der Waals surface area contributed by atoms with Gasteiger partial charge in [-0.05, 0) is 43.5 Å². The Morgan fingerprint density at radius 3 is 2.23 bits per heavy atom. The third-order valence-corrected chi connectivity index (χ3v) is 3.46. The van der Waals surface area contributed by atoms with Gasteiger partial charge in [-0.1, -0.05) is 39.5 Å². The summed E-state index contributed by atoms with van der Waals surface area (Å²) in [5.41, 5.74) is 0. The molecule has 0 saturated carbocycles. The van der Waals surface area contributed by atoms with Crippen molar-refractivity contribution in [2.45, 2.75) is 64.9 Å². The van der Waals surface area contributed by atoms with Crippen LogP contribution in [0.4, 0.5) is 0 Å². The monoisotopic (exact) mass is 308 g/mol. The molecule has 0 saturated heterocycles. The Hall–Kier alpha value is -1.71. The average molecular weight is 308 g/mol. The van der Waals surface area contributed by atoms with Gasteiger partial charge in [0.1, 0.15) is 11.5 Å². The first-order valence-corrected chi connectivity index (χ1v) is 8.29.